The van der Waals surface area contributed by atoms with Gasteiger partial charge < -0.3 is 5.73 Å². The Morgan fingerprint density at radius 3 is 2.64 bits per heavy atom. The van der Waals surface area contributed by atoms with E-state index in [0.29, 0.717) is 17.0 Å². The van der Waals surface area contributed by atoms with Crippen LogP contribution in [-0.4, -0.2) is 20.0 Å². The Balaban J connectivity index is 1.97. The topological polar surface area (TPSA) is 89.6 Å². The van der Waals surface area contributed by atoms with Crippen LogP contribution in [0.4, 0.5) is 0 Å². The summed E-state index contributed by atoms with van der Waals surface area (Å²) in [5.74, 6) is 0.391. The molecule has 4 rings (SSSR count). The minimum Gasteiger partial charge on any atom is -0.325 e. The smallest absolute Gasteiger partial charge is 0.272 e. The predicted octanol–water partition coefficient (Wildman–Crippen LogP) is 3.57. The Kier molecular flexibility index (Phi) is 4.57. The van der Waals surface area contributed by atoms with E-state index < -0.39 is 0 Å². The van der Waals surface area contributed by atoms with Gasteiger partial charge in [0.25, 0.3) is 5.56 Å². The molecule has 6 nitrogen and oxygen atoms in total. The monoisotopic (exact) mass is 373 g/mol. The lowest BCUT2D eigenvalue weighted by Crippen LogP contribution is -2.13. The van der Waals surface area contributed by atoms with Crippen LogP contribution in [0, 0.1) is 0 Å². The van der Waals surface area contributed by atoms with Gasteiger partial charge in [-0.2, -0.15) is 10.2 Å². The largest absolute Gasteiger partial charge is 0.325 e. The number of rotatable bonds is 4. The maximum atomic E-state index is 12.1. The molecule has 0 unspecified atom stereocenters. The van der Waals surface area contributed by atoms with E-state index in [4.69, 9.17) is 5.73 Å². The maximum Gasteiger partial charge on any atom is 0.272 e. The van der Waals surface area contributed by atoms with Gasteiger partial charge in [-0.1, -0.05) is 44.2 Å². The van der Waals surface area contributed by atoms with Gasteiger partial charge in [-0.3, -0.25) is 9.48 Å². The summed E-state index contributed by atoms with van der Waals surface area (Å²) in [7, 11) is 1.95. The average molecular weight is 373 g/mol. The zero-order valence-corrected chi connectivity index (χ0v) is 16.2. The first-order valence-corrected chi connectivity index (χ1v) is 9.34. The molecule has 0 aliphatic heterocycles. The standard InChI is InChI=1S/C22H23N5O/c1-13(2)15-6-4-5-7-16(15)21-19(12-24-27(21)3)14-8-9-17-18(10-14)20(11-23)25-26-22(17)28/h4-10,12-13H,11,23H2,1-3H3,(H,26,28). The summed E-state index contributed by atoms with van der Waals surface area (Å²) < 4.78 is 1.90. The van der Waals surface area contributed by atoms with Crippen LogP contribution < -0.4 is 11.3 Å². The highest BCUT2D eigenvalue weighted by atomic mass is 16.1. The molecule has 6 heteroatoms. The van der Waals surface area contributed by atoms with Crippen LogP contribution in [0.2, 0.25) is 0 Å². The molecule has 28 heavy (non-hydrogen) atoms. The van der Waals surface area contributed by atoms with Gasteiger partial charge in [0.15, 0.2) is 0 Å². The molecule has 2 heterocycles. The first-order chi connectivity index (χ1) is 13.5. The second-order valence-electron chi connectivity index (χ2n) is 7.24. The van der Waals surface area contributed by atoms with Crippen LogP contribution >= 0.6 is 0 Å². The van der Waals surface area contributed by atoms with Crippen molar-refractivity contribution in [2.45, 2.75) is 26.3 Å². The van der Waals surface area contributed by atoms with Gasteiger partial charge in [-0.25, -0.2) is 5.10 Å². The van der Waals surface area contributed by atoms with Crippen molar-refractivity contribution in [1.82, 2.24) is 20.0 Å². The molecule has 0 aliphatic carbocycles. The Morgan fingerprint density at radius 2 is 1.89 bits per heavy atom. The summed E-state index contributed by atoms with van der Waals surface area (Å²) in [6.45, 7) is 4.64. The van der Waals surface area contributed by atoms with Crippen molar-refractivity contribution in [2.24, 2.45) is 12.8 Å². The average Bonchev–Trinajstić information content (AvgIpc) is 3.09. The predicted molar refractivity (Wildman–Crippen MR) is 112 cm³/mol. The molecule has 0 radical (unpaired) electrons. The van der Waals surface area contributed by atoms with E-state index in [9.17, 15) is 4.79 Å². The van der Waals surface area contributed by atoms with Gasteiger partial charge in [0.2, 0.25) is 0 Å². The van der Waals surface area contributed by atoms with Crippen molar-refractivity contribution in [3.63, 3.8) is 0 Å². The summed E-state index contributed by atoms with van der Waals surface area (Å²) >= 11 is 0. The first-order valence-electron chi connectivity index (χ1n) is 9.34. The minimum absolute atomic E-state index is 0.213. The van der Waals surface area contributed by atoms with Crippen molar-refractivity contribution in [3.8, 4) is 22.4 Å². The number of aromatic nitrogens is 4. The number of hydrogen-bond donors (Lipinski definition) is 2. The van der Waals surface area contributed by atoms with Gasteiger partial charge in [-0.15, -0.1) is 0 Å². The molecule has 0 bridgehead atoms. The maximum absolute atomic E-state index is 12.1. The molecule has 0 spiro atoms. The molecular weight excluding hydrogens is 350 g/mol. The lowest BCUT2D eigenvalue weighted by molar-refractivity contribution is 0.772. The molecule has 0 atom stereocenters. The Bertz CT molecular complexity index is 1220. The van der Waals surface area contributed by atoms with Crippen LogP contribution in [0.5, 0.6) is 0 Å². The van der Waals surface area contributed by atoms with Gasteiger partial charge in [0, 0.05) is 30.1 Å². The summed E-state index contributed by atoms with van der Waals surface area (Å²) in [5, 5.41) is 12.5. The SMILES string of the molecule is CC(C)c1ccccc1-c1c(-c2ccc3c(=O)[nH]nc(CN)c3c2)cnn1C. The van der Waals surface area contributed by atoms with Crippen LogP contribution in [0.3, 0.4) is 0 Å². The molecule has 0 saturated carbocycles. The van der Waals surface area contributed by atoms with E-state index in [1.807, 2.05) is 42.2 Å². The lowest BCUT2D eigenvalue weighted by Gasteiger charge is -2.15. The molecule has 0 amide bonds. The number of hydrogen-bond acceptors (Lipinski definition) is 4. The number of fused-ring (bicyclic) bond motifs is 1. The summed E-state index contributed by atoms with van der Waals surface area (Å²) in [6, 6.07) is 14.2. The van der Waals surface area contributed by atoms with Crippen LogP contribution in [0.25, 0.3) is 33.2 Å². The van der Waals surface area contributed by atoms with Crippen molar-refractivity contribution in [2.75, 3.05) is 0 Å². The summed E-state index contributed by atoms with van der Waals surface area (Å²) in [6.07, 6.45) is 1.87. The summed E-state index contributed by atoms with van der Waals surface area (Å²) in [4.78, 5) is 12.1. The Labute approximate surface area is 163 Å². The second-order valence-corrected chi connectivity index (χ2v) is 7.24. The molecule has 2 aromatic carbocycles. The lowest BCUT2D eigenvalue weighted by atomic mass is 9.92. The normalized spacial score (nSPS) is 11.5. The van der Waals surface area contributed by atoms with Gasteiger partial charge >= 0.3 is 0 Å². The van der Waals surface area contributed by atoms with E-state index in [0.717, 1.165) is 27.8 Å². The minimum atomic E-state index is -0.213. The fraction of sp³-hybridized carbons (Fsp3) is 0.227. The molecule has 0 aliphatic rings. The van der Waals surface area contributed by atoms with E-state index in [1.54, 1.807) is 0 Å². The Morgan fingerprint density at radius 1 is 1.11 bits per heavy atom. The summed E-state index contributed by atoms with van der Waals surface area (Å²) in [5.41, 5.74) is 11.8. The molecule has 2 aromatic heterocycles. The van der Waals surface area contributed by atoms with Crippen molar-refractivity contribution >= 4 is 10.8 Å². The van der Waals surface area contributed by atoms with Crippen molar-refractivity contribution in [3.05, 3.63) is 70.3 Å². The molecule has 0 saturated heterocycles. The highest BCUT2D eigenvalue weighted by Gasteiger charge is 2.18. The highest BCUT2D eigenvalue weighted by Crippen LogP contribution is 2.36. The third-order valence-electron chi connectivity index (χ3n) is 5.15. The molecule has 0 fully saturated rings. The number of nitrogens with zero attached hydrogens (tertiary/aromatic N) is 3. The molecule has 4 aromatic rings. The van der Waals surface area contributed by atoms with Gasteiger partial charge in [0.1, 0.15) is 0 Å². The first kappa shape index (κ1) is 18.1. The zero-order valence-electron chi connectivity index (χ0n) is 16.2. The van der Waals surface area contributed by atoms with Crippen LogP contribution in [0.15, 0.2) is 53.5 Å². The van der Waals surface area contributed by atoms with E-state index in [-0.39, 0.29) is 12.1 Å². The number of benzene rings is 2. The van der Waals surface area contributed by atoms with Gasteiger partial charge in [0.05, 0.1) is 23.0 Å². The fourth-order valence-electron chi connectivity index (χ4n) is 3.73. The Hall–Kier alpha value is -3.25. The van der Waals surface area contributed by atoms with E-state index >= 15 is 0 Å². The van der Waals surface area contributed by atoms with Crippen molar-refractivity contribution < 1.29 is 0 Å². The number of H-pyrrole nitrogens is 1. The third kappa shape index (κ3) is 2.92. The van der Waals surface area contributed by atoms with Crippen LogP contribution in [0.1, 0.15) is 31.0 Å². The number of aryl methyl sites for hydroxylation is 1. The second kappa shape index (κ2) is 7.05. The van der Waals surface area contributed by atoms with Gasteiger partial charge in [-0.05, 0) is 29.2 Å². The highest BCUT2D eigenvalue weighted by molar-refractivity contribution is 5.91. The molecule has 142 valence electrons. The molecule has 3 N–H and O–H groups in total. The number of aromatic amines is 1. The van der Waals surface area contributed by atoms with Crippen molar-refractivity contribution in [1.29, 1.82) is 0 Å². The zero-order chi connectivity index (χ0) is 19.8. The number of nitrogens with two attached hydrogens (primary N) is 1. The quantitative estimate of drug-likeness (QED) is 0.572. The molecular formula is C22H23N5O. The van der Waals surface area contributed by atoms with Crippen LogP contribution in [-0.2, 0) is 13.6 Å². The fourth-order valence-corrected chi connectivity index (χ4v) is 3.73. The number of nitrogens with one attached hydrogen (secondary N) is 1. The van der Waals surface area contributed by atoms with E-state index in [2.05, 4.69) is 47.3 Å². The third-order valence-corrected chi connectivity index (χ3v) is 5.15. The van der Waals surface area contributed by atoms with E-state index in [1.165, 1.54) is 5.56 Å².